The Morgan fingerprint density at radius 3 is 2.62 bits per heavy atom. The van der Waals surface area contributed by atoms with E-state index in [2.05, 4.69) is 26.1 Å². The standard InChI is InChI=1S/C9H18N4/c1-4-5-13(6-8(2)3)9(11)12-7-10/h8H,4-6H2,1-3H3,(H2,11,12). The Morgan fingerprint density at radius 2 is 2.23 bits per heavy atom. The van der Waals surface area contributed by atoms with Gasteiger partial charge in [0.1, 0.15) is 0 Å². The SMILES string of the molecule is CCCN(CC(C)C)C(=N)NC#N. The van der Waals surface area contributed by atoms with E-state index in [0.29, 0.717) is 5.92 Å². The van der Waals surface area contributed by atoms with Crippen molar-refractivity contribution in [1.29, 1.82) is 10.7 Å². The van der Waals surface area contributed by atoms with E-state index in [1.54, 1.807) is 6.19 Å². The Morgan fingerprint density at radius 1 is 1.62 bits per heavy atom. The molecule has 0 rings (SSSR count). The third-order valence-corrected chi connectivity index (χ3v) is 1.57. The maximum absolute atomic E-state index is 8.36. The van der Waals surface area contributed by atoms with Gasteiger partial charge in [0.05, 0.1) is 0 Å². The largest absolute Gasteiger partial charge is 0.342 e. The lowest BCUT2D eigenvalue weighted by atomic mass is 10.2. The number of nitrogens with zero attached hydrogens (tertiary/aromatic N) is 2. The van der Waals surface area contributed by atoms with Crippen LogP contribution in [-0.4, -0.2) is 23.9 Å². The number of guanidine groups is 1. The van der Waals surface area contributed by atoms with E-state index in [4.69, 9.17) is 10.7 Å². The summed E-state index contributed by atoms with van der Waals surface area (Å²) in [4.78, 5) is 1.88. The van der Waals surface area contributed by atoms with Gasteiger partial charge in [0.25, 0.3) is 0 Å². The summed E-state index contributed by atoms with van der Waals surface area (Å²) in [6, 6.07) is 0. The molecule has 0 bridgehead atoms. The van der Waals surface area contributed by atoms with Crippen molar-refractivity contribution in [2.45, 2.75) is 27.2 Å². The Kier molecular flexibility index (Phi) is 5.69. The first-order valence-corrected chi connectivity index (χ1v) is 4.60. The van der Waals surface area contributed by atoms with Gasteiger partial charge in [0.15, 0.2) is 6.19 Å². The molecule has 0 saturated carbocycles. The van der Waals surface area contributed by atoms with E-state index in [1.165, 1.54) is 0 Å². The van der Waals surface area contributed by atoms with E-state index >= 15 is 0 Å². The maximum Gasteiger partial charge on any atom is 0.204 e. The van der Waals surface area contributed by atoms with Crippen molar-refractivity contribution in [3.8, 4) is 6.19 Å². The van der Waals surface area contributed by atoms with Crippen LogP contribution in [0.5, 0.6) is 0 Å². The minimum absolute atomic E-state index is 0.207. The zero-order chi connectivity index (χ0) is 10.3. The summed E-state index contributed by atoms with van der Waals surface area (Å²) in [6.45, 7) is 7.91. The van der Waals surface area contributed by atoms with Crippen LogP contribution in [0.2, 0.25) is 0 Å². The molecular weight excluding hydrogens is 164 g/mol. The van der Waals surface area contributed by atoms with Crippen molar-refractivity contribution in [3.63, 3.8) is 0 Å². The monoisotopic (exact) mass is 182 g/mol. The summed E-state index contributed by atoms with van der Waals surface area (Å²) in [5.74, 6) is 0.713. The van der Waals surface area contributed by atoms with E-state index in [9.17, 15) is 0 Å². The lowest BCUT2D eigenvalue weighted by Gasteiger charge is -2.24. The summed E-state index contributed by atoms with van der Waals surface area (Å²) in [5, 5.41) is 18.2. The molecular formula is C9H18N4. The second kappa shape index (κ2) is 6.30. The highest BCUT2D eigenvalue weighted by molar-refractivity contribution is 5.78. The van der Waals surface area contributed by atoms with Crippen molar-refractivity contribution in [2.75, 3.05) is 13.1 Å². The number of hydrogen-bond donors (Lipinski definition) is 2. The first-order chi connectivity index (χ1) is 6.11. The van der Waals surface area contributed by atoms with E-state index < -0.39 is 0 Å². The zero-order valence-corrected chi connectivity index (χ0v) is 8.59. The predicted molar refractivity (Wildman–Crippen MR) is 53.2 cm³/mol. The van der Waals surface area contributed by atoms with Crippen LogP contribution in [0.4, 0.5) is 0 Å². The van der Waals surface area contributed by atoms with E-state index in [0.717, 1.165) is 19.5 Å². The van der Waals surface area contributed by atoms with Gasteiger partial charge in [0, 0.05) is 13.1 Å². The molecule has 0 fully saturated rings. The van der Waals surface area contributed by atoms with Gasteiger partial charge in [-0.2, -0.15) is 5.26 Å². The van der Waals surface area contributed by atoms with Crippen LogP contribution in [0.3, 0.4) is 0 Å². The highest BCUT2D eigenvalue weighted by atomic mass is 15.3. The molecule has 0 aliphatic heterocycles. The summed E-state index contributed by atoms with van der Waals surface area (Å²) < 4.78 is 0. The van der Waals surface area contributed by atoms with Gasteiger partial charge in [0.2, 0.25) is 5.96 Å². The van der Waals surface area contributed by atoms with E-state index in [1.807, 2.05) is 4.90 Å². The summed E-state index contributed by atoms with van der Waals surface area (Å²) >= 11 is 0. The fourth-order valence-electron chi connectivity index (χ4n) is 1.14. The van der Waals surface area contributed by atoms with Gasteiger partial charge in [-0.3, -0.25) is 10.7 Å². The molecule has 0 radical (unpaired) electrons. The number of rotatable bonds is 4. The lowest BCUT2D eigenvalue weighted by molar-refractivity contribution is 0.356. The Hall–Kier alpha value is -1.24. The minimum atomic E-state index is 0.207. The average molecular weight is 182 g/mol. The normalized spacial score (nSPS) is 9.46. The minimum Gasteiger partial charge on any atom is -0.342 e. The molecule has 0 aromatic carbocycles. The molecule has 0 aromatic rings. The summed E-state index contributed by atoms with van der Waals surface area (Å²) in [7, 11) is 0. The number of nitrogens with one attached hydrogen (secondary N) is 2. The topological polar surface area (TPSA) is 62.9 Å². The van der Waals surface area contributed by atoms with Crippen LogP contribution in [0.25, 0.3) is 0 Å². The van der Waals surface area contributed by atoms with Gasteiger partial charge in [-0.05, 0) is 12.3 Å². The fourth-order valence-corrected chi connectivity index (χ4v) is 1.14. The Balaban J connectivity index is 4.08. The first-order valence-electron chi connectivity index (χ1n) is 4.60. The van der Waals surface area contributed by atoms with Gasteiger partial charge in [-0.25, -0.2) is 0 Å². The molecule has 0 aliphatic carbocycles. The second-order valence-electron chi connectivity index (χ2n) is 3.43. The van der Waals surface area contributed by atoms with Crippen LogP contribution in [-0.2, 0) is 0 Å². The van der Waals surface area contributed by atoms with Gasteiger partial charge < -0.3 is 4.90 Å². The fraction of sp³-hybridized carbons (Fsp3) is 0.778. The molecule has 0 unspecified atom stereocenters. The molecule has 4 nitrogen and oxygen atoms in total. The molecule has 74 valence electrons. The average Bonchev–Trinajstić information content (AvgIpc) is 2.03. The van der Waals surface area contributed by atoms with Crippen molar-refractivity contribution in [1.82, 2.24) is 10.2 Å². The van der Waals surface area contributed by atoms with Crippen LogP contribution in [0.15, 0.2) is 0 Å². The molecule has 0 amide bonds. The summed E-state index contributed by atoms with van der Waals surface area (Å²) in [5.41, 5.74) is 0. The van der Waals surface area contributed by atoms with Crippen LogP contribution < -0.4 is 5.32 Å². The highest BCUT2D eigenvalue weighted by Crippen LogP contribution is 1.99. The maximum atomic E-state index is 8.36. The molecule has 4 heteroatoms. The van der Waals surface area contributed by atoms with E-state index in [-0.39, 0.29) is 5.96 Å². The Bertz CT molecular complexity index is 192. The van der Waals surface area contributed by atoms with Crippen molar-refractivity contribution >= 4 is 5.96 Å². The van der Waals surface area contributed by atoms with Crippen molar-refractivity contribution in [2.24, 2.45) is 5.92 Å². The lowest BCUT2D eigenvalue weighted by Crippen LogP contribution is -2.41. The van der Waals surface area contributed by atoms with Gasteiger partial charge in [-0.1, -0.05) is 20.8 Å². The third kappa shape index (κ3) is 5.07. The molecule has 13 heavy (non-hydrogen) atoms. The Labute approximate surface area is 80.0 Å². The zero-order valence-electron chi connectivity index (χ0n) is 8.59. The first kappa shape index (κ1) is 11.8. The molecule has 0 aromatic heterocycles. The summed E-state index contributed by atoms with van der Waals surface area (Å²) in [6.07, 6.45) is 2.75. The van der Waals surface area contributed by atoms with Crippen LogP contribution in [0.1, 0.15) is 27.2 Å². The predicted octanol–water partition coefficient (Wildman–Crippen LogP) is 1.36. The van der Waals surface area contributed by atoms with Crippen LogP contribution >= 0.6 is 0 Å². The highest BCUT2D eigenvalue weighted by Gasteiger charge is 2.09. The molecule has 0 atom stereocenters. The molecule has 0 heterocycles. The molecule has 0 saturated heterocycles. The van der Waals surface area contributed by atoms with Crippen LogP contribution in [0, 0.1) is 22.8 Å². The van der Waals surface area contributed by atoms with Crippen molar-refractivity contribution < 1.29 is 0 Å². The van der Waals surface area contributed by atoms with Gasteiger partial charge in [-0.15, -0.1) is 0 Å². The molecule has 0 aliphatic rings. The molecule has 2 N–H and O–H groups in total. The van der Waals surface area contributed by atoms with Gasteiger partial charge >= 0.3 is 0 Å². The third-order valence-electron chi connectivity index (χ3n) is 1.57. The number of hydrogen-bond acceptors (Lipinski definition) is 2. The smallest absolute Gasteiger partial charge is 0.204 e. The molecule has 0 spiro atoms. The van der Waals surface area contributed by atoms with Crippen molar-refractivity contribution in [3.05, 3.63) is 0 Å². The number of nitriles is 1. The quantitative estimate of drug-likeness (QED) is 0.298. The second-order valence-corrected chi connectivity index (χ2v) is 3.43.